The van der Waals surface area contributed by atoms with Crippen LogP contribution in [0.4, 0.5) is 0 Å². The number of fused-ring (bicyclic) bond motifs is 2. The van der Waals surface area contributed by atoms with Gasteiger partial charge in [0, 0.05) is 12.6 Å². The van der Waals surface area contributed by atoms with Crippen molar-refractivity contribution in [3.05, 3.63) is 0 Å². The third kappa shape index (κ3) is 1.06. The van der Waals surface area contributed by atoms with Gasteiger partial charge < -0.3 is 10.6 Å². The first kappa shape index (κ1) is 6.62. The number of hydrogen-bond acceptors (Lipinski definition) is 2. The molecule has 2 bridgehead atoms. The standard InChI is InChI=1S/C8H16N2/c9-8-3-5-10-4-1-2-7(8)6-10/h7-8H,1-6,9H2/t7?,8-/m1/s1. The Morgan fingerprint density at radius 2 is 2.10 bits per heavy atom. The van der Waals surface area contributed by atoms with Crippen LogP contribution in [0, 0.1) is 5.92 Å². The molecule has 2 aliphatic heterocycles. The van der Waals surface area contributed by atoms with E-state index in [9.17, 15) is 0 Å². The summed E-state index contributed by atoms with van der Waals surface area (Å²) in [6.45, 7) is 3.85. The summed E-state index contributed by atoms with van der Waals surface area (Å²) in [5, 5.41) is 0. The molecule has 10 heavy (non-hydrogen) atoms. The third-order valence-electron chi connectivity index (χ3n) is 2.93. The van der Waals surface area contributed by atoms with Crippen molar-refractivity contribution in [3.63, 3.8) is 0 Å². The molecule has 2 aliphatic rings. The summed E-state index contributed by atoms with van der Waals surface area (Å²) in [6.07, 6.45) is 3.97. The van der Waals surface area contributed by atoms with E-state index in [0.29, 0.717) is 6.04 Å². The van der Waals surface area contributed by atoms with Gasteiger partial charge in [0.2, 0.25) is 0 Å². The molecule has 0 spiro atoms. The summed E-state index contributed by atoms with van der Waals surface area (Å²) in [4.78, 5) is 2.55. The van der Waals surface area contributed by atoms with E-state index in [1.54, 1.807) is 0 Å². The molecule has 2 saturated heterocycles. The van der Waals surface area contributed by atoms with Crippen LogP contribution in [-0.4, -0.2) is 30.6 Å². The Morgan fingerprint density at radius 3 is 2.90 bits per heavy atom. The zero-order valence-electron chi connectivity index (χ0n) is 6.42. The van der Waals surface area contributed by atoms with E-state index >= 15 is 0 Å². The Hall–Kier alpha value is -0.0800. The lowest BCUT2D eigenvalue weighted by molar-refractivity contribution is 0.107. The summed E-state index contributed by atoms with van der Waals surface area (Å²) in [5.41, 5.74) is 5.96. The maximum Gasteiger partial charge on any atom is 0.00915 e. The Bertz CT molecular complexity index is 122. The van der Waals surface area contributed by atoms with Crippen LogP contribution in [0.25, 0.3) is 0 Å². The molecule has 0 aliphatic carbocycles. The summed E-state index contributed by atoms with van der Waals surface area (Å²) < 4.78 is 0. The molecular formula is C8H16N2. The molecule has 3 atom stereocenters. The fraction of sp³-hybridized carbons (Fsp3) is 1.00. The zero-order chi connectivity index (χ0) is 6.97. The lowest BCUT2D eigenvalue weighted by Crippen LogP contribution is -2.50. The number of hydrogen-bond donors (Lipinski definition) is 1. The lowest BCUT2D eigenvalue weighted by atomic mass is 9.86. The molecule has 0 saturated carbocycles. The van der Waals surface area contributed by atoms with Crippen molar-refractivity contribution >= 4 is 0 Å². The van der Waals surface area contributed by atoms with Crippen molar-refractivity contribution in [1.82, 2.24) is 4.90 Å². The highest BCUT2D eigenvalue weighted by atomic mass is 15.1. The van der Waals surface area contributed by atoms with Crippen molar-refractivity contribution in [2.24, 2.45) is 11.7 Å². The molecular weight excluding hydrogens is 124 g/mol. The molecule has 0 amide bonds. The van der Waals surface area contributed by atoms with Crippen LogP contribution >= 0.6 is 0 Å². The molecule has 2 heterocycles. The van der Waals surface area contributed by atoms with Gasteiger partial charge in [-0.3, -0.25) is 0 Å². The minimum atomic E-state index is 0.511. The average Bonchev–Trinajstić information content (AvgIpc) is 1.99. The fourth-order valence-electron chi connectivity index (χ4n) is 2.21. The van der Waals surface area contributed by atoms with E-state index in [1.165, 1.54) is 38.9 Å². The number of rotatable bonds is 0. The summed E-state index contributed by atoms with van der Waals surface area (Å²) >= 11 is 0. The molecule has 0 radical (unpaired) electrons. The molecule has 0 aromatic carbocycles. The van der Waals surface area contributed by atoms with E-state index in [0.717, 1.165) is 5.92 Å². The SMILES string of the molecule is N[C@@H]1CCN2CCCC1C2. The summed E-state index contributed by atoms with van der Waals surface area (Å²) in [6, 6.07) is 0.511. The van der Waals surface area contributed by atoms with Gasteiger partial charge in [-0.15, -0.1) is 0 Å². The Labute approximate surface area is 62.4 Å². The van der Waals surface area contributed by atoms with Crippen molar-refractivity contribution in [3.8, 4) is 0 Å². The second kappa shape index (κ2) is 2.51. The first-order chi connectivity index (χ1) is 4.86. The topological polar surface area (TPSA) is 29.3 Å². The second-order valence-electron chi connectivity index (χ2n) is 3.66. The molecule has 0 aromatic heterocycles. The van der Waals surface area contributed by atoms with Gasteiger partial charge in [-0.25, -0.2) is 0 Å². The van der Waals surface area contributed by atoms with Gasteiger partial charge in [0.25, 0.3) is 0 Å². The van der Waals surface area contributed by atoms with E-state index < -0.39 is 0 Å². The van der Waals surface area contributed by atoms with Gasteiger partial charge in [0.05, 0.1) is 0 Å². The smallest absolute Gasteiger partial charge is 0.00915 e. The number of piperidine rings is 2. The van der Waals surface area contributed by atoms with Gasteiger partial charge in [0.15, 0.2) is 0 Å². The number of nitrogens with two attached hydrogens (primary N) is 1. The minimum Gasteiger partial charge on any atom is -0.327 e. The van der Waals surface area contributed by atoms with Gasteiger partial charge in [0.1, 0.15) is 0 Å². The summed E-state index contributed by atoms with van der Waals surface area (Å²) in [5.74, 6) is 0.822. The molecule has 58 valence electrons. The molecule has 2 unspecified atom stereocenters. The van der Waals surface area contributed by atoms with Crippen LogP contribution in [0.15, 0.2) is 0 Å². The lowest BCUT2D eigenvalue weighted by Gasteiger charge is -2.41. The highest BCUT2D eigenvalue weighted by Gasteiger charge is 2.29. The molecule has 2 N–H and O–H groups in total. The second-order valence-corrected chi connectivity index (χ2v) is 3.66. The predicted molar refractivity (Wildman–Crippen MR) is 41.8 cm³/mol. The van der Waals surface area contributed by atoms with Crippen molar-refractivity contribution in [2.75, 3.05) is 19.6 Å². The van der Waals surface area contributed by atoms with Crippen molar-refractivity contribution in [2.45, 2.75) is 25.3 Å². The normalized spacial score (nSPS) is 47.1. The van der Waals surface area contributed by atoms with Crippen LogP contribution < -0.4 is 5.73 Å². The highest BCUT2D eigenvalue weighted by Crippen LogP contribution is 2.24. The van der Waals surface area contributed by atoms with Crippen molar-refractivity contribution in [1.29, 1.82) is 0 Å². The molecule has 0 aromatic rings. The van der Waals surface area contributed by atoms with Crippen LogP contribution in [-0.2, 0) is 0 Å². The minimum absolute atomic E-state index is 0.511. The van der Waals surface area contributed by atoms with Crippen LogP contribution in [0.1, 0.15) is 19.3 Å². The number of nitrogens with zero attached hydrogens (tertiary/aromatic N) is 1. The van der Waals surface area contributed by atoms with E-state index in [-0.39, 0.29) is 0 Å². The molecule has 2 rings (SSSR count). The van der Waals surface area contributed by atoms with E-state index in [2.05, 4.69) is 4.90 Å². The Balaban J connectivity index is 2.00. The quantitative estimate of drug-likeness (QED) is 0.528. The van der Waals surface area contributed by atoms with Crippen molar-refractivity contribution < 1.29 is 0 Å². The highest BCUT2D eigenvalue weighted by molar-refractivity contribution is 4.86. The molecule has 2 heteroatoms. The van der Waals surface area contributed by atoms with Gasteiger partial charge in [-0.2, -0.15) is 0 Å². The Morgan fingerprint density at radius 1 is 1.20 bits per heavy atom. The molecule has 2 nitrogen and oxygen atoms in total. The first-order valence-electron chi connectivity index (χ1n) is 4.34. The predicted octanol–water partition coefficient (Wildman–Crippen LogP) is 0.429. The summed E-state index contributed by atoms with van der Waals surface area (Å²) in [7, 11) is 0. The van der Waals surface area contributed by atoms with Crippen LogP contribution in [0.2, 0.25) is 0 Å². The molecule has 2 fully saturated rings. The fourth-order valence-corrected chi connectivity index (χ4v) is 2.21. The monoisotopic (exact) mass is 140 g/mol. The Kier molecular flexibility index (Phi) is 1.66. The van der Waals surface area contributed by atoms with E-state index in [1.807, 2.05) is 0 Å². The largest absolute Gasteiger partial charge is 0.327 e. The average molecular weight is 140 g/mol. The van der Waals surface area contributed by atoms with E-state index in [4.69, 9.17) is 5.73 Å². The first-order valence-corrected chi connectivity index (χ1v) is 4.34. The maximum absolute atomic E-state index is 5.96. The third-order valence-corrected chi connectivity index (χ3v) is 2.93. The van der Waals surface area contributed by atoms with Crippen LogP contribution in [0.3, 0.4) is 0 Å². The maximum atomic E-state index is 5.96. The zero-order valence-corrected chi connectivity index (χ0v) is 6.42. The van der Waals surface area contributed by atoms with Crippen LogP contribution in [0.5, 0.6) is 0 Å². The van der Waals surface area contributed by atoms with Gasteiger partial charge in [-0.05, 0) is 38.3 Å². The van der Waals surface area contributed by atoms with Gasteiger partial charge >= 0.3 is 0 Å². The van der Waals surface area contributed by atoms with Gasteiger partial charge in [-0.1, -0.05) is 0 Å².